The Morgan fingerprint density at radius 3 is 2.63 bits per heavy atom. The number of hydrogen-bond acceptors (Lipinski definition) is 4. The Morgan fingerprint density at radius 2 is 1.89 bits per heavy atom. The fourth-order valence-electron chi connectivity index (χ4n) is 2.66. The number of para-hydroxylation sites is 1. The maximum atomic E-state index is 6.02. The van der Waals surface area contributed by atoms with E-state index in [4.69, 9.17) is 15.2 Å². The smallest absolute Gasteiger partial charge is 0.193 e. The van der Waals surface area contributed by atoms with Crippen molar-refractivity contribution in [1.29, 1.82) is 0 Å². The minimum absolute atomic E-state index is 0.348. The average Bonchev–Trinajstić information content (AvgIpc) is 2.70. The summed E-state index contributed by atoms with van der Waals surface area (Å²) in [6.45, 7) is 8.37. The first-order valence-electron chi connectivity index (χ1n) is 9.30. The van der Waals surface area contributed by atoms with Gasteiger partial charge in [-0.3, -0.25) is 0 Å². The molecule has 6 heteroatoms. The van der Waals surface area contributed by atoms with Crippen molar-refractivity contribution in [2.24, 2.45) is 10.7 Å². The zero-order valence-electron chi connectivity index (χ0n) is 16.4. The molecule has 0 aliphatic carbocycles. The van der Waals surface area contributed by atoms with Crippen molar-refractivity contribution in [3.05, 3.63) is 54.1 Å². The standard InChI is InChI=1S/C21H30N4O2/c1-4-25(5-2)13-14-27-20-12-7-6-9-17(20)16-23-21(22)24-18-10-8-11-19(15-18)26-3/h6-12,15H,4-5,13-14,16H2,1-3H3,(H3,22,23,24). The third-order valence-electron chi connectivity index (χ3n) is 4.29. The molecule has 27 heavy (non-hydrogen) atoms. The van der Waals surface area contributed by atoms with E-state index in [-0.39, 0.29) is 0 Å². The highest BCUT2D eigenvalue weighted by atomic mass is 16.5. The quantitative estimate of drug-likeness (QED) is 0.496. The molecule has 6 nitrogen and oxygen atoms in total. The van der Waals surface area contributed by atoms with Gasteiger partial charge in [0.15, 0.2) is 5.96 Å². The number of benzene rings is 2. The minimum atomic E-state index is 0.348. The molecule has 146 valence electrons. The summed E-state index contributed by atoms with van der Waals surface area (Å²) in [6, 6.07) is 15.5. The van der Waals surface area contributed by atoms with Crippen LogP contribution in [0, 0.1) is 0 Å². The van der Waals surface area contributed by atoms with Crippen LogP contribution in [0.2, 0.25) is 0 Å². The van der Waals surface area contributed by atoms with E-state index in [0.29, 0.717) is 19.1 Å². The maximum Gasteiger partial charge on any atom is 0.193 e. The molecule has 0 fully saturated rings. The Bertz CT molecular complexity index is 730. The number of anilines is 1. The van der Waals surface area contributed by atoms with Gasteiger partial charge in [0.25, 0.3) is 0 Å². The lowest BCUT2D eigenvalue weighted by Gasteiger charge is -2.18. The van der Waals surface area contributed by atoms with Crippen LogP contribution in [0.3, 0.4) is 0 Å². The number of nitrogens with one attached hydrogen (secondary N) is 1. The summed E-state index contributed by atoms with van der Waals surface area (Å²) in [6.07, 6.45) is 0. The molecule has 3 N–H and O–H groups in total. The van der Waals surface area contributed by atoms with Crippen molar-refractivity contribution in [3.8, 4) is 11.5 Å². The predicted molar refractivity (Wildman–Crippen MR) is 112 cm³/mol. The predicted octanol–water partition coefficient (Wildman–Crippen LogP) is 3.34. The van der Waals surface area contributed by atoms with Gasteiger partial charge in [-0.25, -0.2) is 4.99 Å². The molecule has 0 aromatic heterocycles. The first-order valence-corrected chi connectivity index (χ1v) is 9.30. The summed E-state index contributed by atoms with van der Waals surface area (Å²) in [7, 11) is 1.63. The van der Waals surface area contributed by atoms with Crippen molar-refractivity contribution < 1.29 is 9.47 Å². The van der Waals surface area contributed by atoms with Gasteiger partial charge in [-0.1, -0.05) is 38.1 Å². The lowest BCUT2D eigenvalue weighted by atomic mass is 10.2. The van der Waals surface area contributed by atoms with Crippen molar-refractivity contribution in [2.45, 2.75) is 20.4 Å². The van der Waals surface area contributed by atoms with E-state index in [1.165, 1.54) is 0 Å². The van der Waals surface area contributed by atoms with Crippen molar-refractivity contribution in [3.63, 3.8) is 0 Å². The number of ether oxygens (including phenoxy) is 2. The molecule has 0 aliphatic heterocycles. The number of methoxy groups -OCH3 is 1. The number of rotatable bonds is 10. The second-order valence-corrected chi connectivity index (χ2v) is 6.04. The summed E-state index contributed by atoms with van der Waals surface area (Å²) in [5.74, 6) is 1.96. The summed E-state index contributed by atoms with van der Waals surface area (Å²) < 4.78 is 11.2. The Kier molecular flexibility index (Phi) is 8.45. The zero-order chi connectivity index (χ0) is 19.5. The van der Waals surface area contributed by atoms with Gasteiger partial charge in [-0.05, 0) is 31.3 Å². The molecular formula is C21H30N4O2. The van der Waals surface area contributed by atoms with Crippen LogP contribution >= 0.6 is 0 Å². The molecule has 0 atom stereocenters. The van der Waals surface area contributed by atoms with Gasteiger partial charge in [0.2, 0.25) is 0 Å². The first kappa shape index (κ1) is 20.6. The van der Waals surface area contributed by atoms with Crippen LogP contribution < -0.4 is 20.5 Å². The number of guanidine groups is 1. The van der Waals surface area contributed by atoms with E-state index in [9.17, 15) is 0 Å². The zero-order valence-corrected chi connectivity index (χ0v) is 16.4. The molecule has 0 radical (unpaired) electrons. The normalized spacial score (nSPS) is 11.5. The van der Waals surface area contributed by atoms with Crippen LogP contribution in [0.4, 0.5) is 5.69 Å². The molecule has 2 aromatic carbocycles. The lowest BCUT2D eigenvalue weighted by Crippen LogP contribution is -2.28. The van der Waals surface area contributed by atoms with E-state index in [1.807, 2.05) is 48.5 Å². The Labute approximate surface area is 162 Å². The highest BCUT2D eigenvalue weighted by Crippen LogP contribution is 2.19. The van der Waals surface area contributed by atoms with E-state index < -0.39 is 0 Å². The first-order chi connectivity index (χ1) is 13.2. The summed E-state index contributed by atoms with van der Waals surface area (Å²) >= 11 is 0. The second kappa shape index (κ2) is 11.1. The Morgan fingerprint density at radius 1 is 1.11 bits per heavy atom. The topological polar surface area (TPSA) is 72.1 Å². The number of nitrogens with zero attached hydrogens (tertiary/aromatic N) is 2. The summed E-state index contributed by atoms with van der Waals surface area (Å²) in [4.78, 5) is 6.76. The van der Waals surface area contributed by atoms with E-state index >= 15 is 0 Å². The molecule has 0 aliphatic rings. The van der Waals surface area contributed by atoms with Gasteiger partial charge >= 0.3 is 0 Å². The highest BCUT2D eigenvalue weighted by molar-refractivity contribution is 5.92. The molecule has 0 amide bonds. The van der Waals surface area contributed by atoms with Gasteiger partial charge < -0.3 is 25.4 Å². The van der Waals surface area contributed by atoms with Crippen LogP contribution in [-0.2, 0) is 6.54 Å². The van der Waals surface area contributed by atoms with Crippen LogP contribution in [0.25, 0.3) is 0 Å². The molecule has 2 aromatic rings. The second-order valence-electron chi connectivity index (χ2n) is 6.04. The average molecular weight is 370 g/mol. The summed E-state index contributed by atoms with van der Waals surface area (Å²) in [5, 5.41) is 3.08. The number of nitrogens with two attached hydrogens (primary N) is 1. The molecule has 0 saturated carbocycles. The van der Waals surface area contributed by atoms with Gasteiger partial charge in [-0.2, -0.15) is 0 Å². The lowest BCUT2D eigenvalue weighted by molar-refractivity contribution is 0.221. The fourth-order valence-corrected chi connectivity index (χ4v) is 2.66. The minimum Gasteiger partial charge on any atom is -0.497 e. The van der Waals surface area contributed by atoms with Crippen molar-refractivity contribution in [2.75, 3.05) is 38.7 Å². The van der Waals surface area contributed by atoms with Gasteiger partial charge in [0.05, 0.1) is 13.7 Å². The Hall–Kier alpha value is -2.73. The van der Waals surface area contributed by atoms with Gasteiger partial charge in [0, 0.05) is 23.9 Å². The van der Waals surface area contributed by atoms with Gasteiger partial charge in [0.1, 0.15) is 18.1 Å². The number of aliphatic imine (C=N–C) groups is 1. The van der Waals surface area contributed by atoms with E-state index in [1.54, 1.807) is 7.11 Å². The largest absolute Gasteiger partial charge is 0.497 e. The molecule has 0 spiro atoms. The molecule has 0 unspecified atom stereocenters. The SMILES string of the molecule is CCN(CC)CCOc1ccccc1CN=C(N)Nc1cccc(OC)c1. The Balaban J connectivity index is 1.95. The monoisotopic (exact) mass is 370 g/mol. The van der Waals surface area contributed by atoms with Gasteiger partial charge in [-0.15, -0.1) is 0 Å². The third kappa shape index (κ3) is 6.83. The van der Waals surface area contributed by atoms with Crippen LogP contribution in [0.1, 0.15) is 19.4 Å². The van der Waals surface area contributed by atoms with Crippen molar-refractivity contribution in [1.82, 2.24) is 4.90 Å². The molecule has 2 rings (SSSR count). The van der Waals surface area contributed by atoms with Crippen molar-refractivity contribution >= 4 is 11.6 Å². The number of likely N-dealkylation sites (N-methyl/N-ethyl adjacent to an activating group) is 1. The van der Waals surface area contributed by atoms with E-state index in [0.717, 1.165) is 42.4 Å². The van der Waals surface area contributed by atoms with E-state index in [2.05, 4.69) is 29.1 Å². The maximum absolute atomic E-state index is 6.02. The number of hydrogen-bond donors (Lipinski definition) is 2. The van der Waals surface area contributed by atoms with Crippen LogP contribution in [-0.4, -0.2) is 44.2 Å². The summed E-state index contributed by atoms with van der Waals surface area (Å²) in [5.41, 5.74) is 7.86. The molecule has 0 bridgehead atoms. The highest BCUT2D eigenvalue weighted by Gasteiger charge is 2.05. The third-order valence-corrected chi connectivity index (χ3v) is 4.29. The van der Waals surface area contributed by atoms with Crippen LogP contribution in [0.15, 0.2) is 53.5 Å². The molecule has 0 saturated heterocycles. The van der Waals surface area contributed by atoms with Crippen LogP contribution in [0.5, 0.6) is 11.5 Å². The molecule has 0 heterocycles. The fraction of sp³-hybridized carbons (Fsp3) is 0.381. The molecular weight excluding hydrogens is 340 g/mol.